The van der Waals surface area contributed by atoms with E-state index >= 15 is 8.78 Å². The summed E-state index contributed by atoms with van der Waals surface area (Å²) in [5.74, 6) is -3.50. The number of carbonyl (C=O) groups excluding carboxylic acids is 1. The van der Waals surface area contributed by atoms with E-state index < -0.39 is 45.0 Å². The molecule has 1 aliphatic rings. The van der Waals surface area contributed by atoms with E-state index in [1.807, 2.05) is 7.05 Å². The molecule has 2 atom stereocenters. The molecule has 3 heterocycles. The summed E-state index contributed by atoms with van der Waals surface area (Å²) in [7, 11) is -2.39. The molecule has 236 valence electrons. The van der Waals surface area contributed by atoms with Gasteiger partial charge in [-0.2, -0.15) is 4.39 Å². The molecule has 0 radical (unpaired) electrons. The van der Waals surface area contributed by atoms with Crippen molar-refractivity contribution in [1.29, 1.82) is 0 Å². The molecule has 0 unspecified atom stereocenters. The van der Waals surface area contributed by atoms with Crippen LogP contribution in [0.2, 0.25) is 0 Å². The van der Waals surface area contributed by atoms with Crippen molar-refractivity contribution in [3.8, 4) is 23.1 Å². The van der Waals surface area contributed by atoms with Crippen molar-refractivity contribution in [3.63, 3.8) is 0 Å². The minimum Gasteiger partial charge on any atom is -0.489 e. The van der Waals surface area contributed by atoms with Crippen LogP contribution in [0.15, 0.2) is 84.0 Å². The zero-order chi connectivity index (χ0) is 32.0. The lowest BCUT2D eigenvalue weighted by molar-refractivity contribution is 0.0976. The van der Waals surface area contributed by atoms with Gasteiger partial charge in [0, 0.05) is 18.8 Å². The van der Waals surface area contributed by atoms with Crippen LogP contribution in [0.4, 0.5) is 8.78 Å². The SMILES string of the molecule is CC[C@@H](Oc1ccc(C(=O)NS(=O)(=O)c2ccc(O[C@H]3CCCN(C)C3)cc2)c(F)c1F)c1ccc(Oc2ccccn2)cn1. The van der Waals surface area contributed by atoms with E-state index in [0.717, 1.165) is 38.1 Å². The third-order valence-electron chi connectivity index (χ3n) is 7.13. The number of piperidine rings is 1. The fraction of sp³-hybridized carbons (Fsp3) is 0.281. The predicted molar refractivity (Wildman–Crippen MR) is 161 cm³/mol. The molecule has 1 fully saturated rings. The van der Waals surface area contributed by atoms with Gasteiger partial charge in [0.1, 0.15) is 23.7 Å². The summed E-state index contributed by atoms with van der Waals surface area (Å²) >= 11 is 0. The highest BCUT2D eigenvalue weighted by molar-refractivity contribution is 7.90. The van der Waals surface area contributed by atoms with E-state index in [1.165, 1.54) is 30.5 Å². The van der Waals surface area contributed by atoms with Gasteiger partial charge >= 0.3 is 0 Å². The molecule has 1 N–H and O–H groups in total. The van der Waals surface area contributed by atoms with Crippen LogP contribution in [0.1, 0.15) is 48.3 Å². The molecular weight excluding hydrogens is 606 g/mol. The Morgan fingerprint density at radius 2 is 1.80 bits per heavy atom. The number of pyridine rings is 2. The largest absolute Gasteiger partial charge is 0.489 e. The molecule has 1 saturated heterocycles. The van der Waals surface area contributed by atoms with Crippen LogP contribution in [0.3, 0.4) is 0 Å². The Morgan fingerprint density at radius 1 is 1.02 bits per heavy atom. The third-order valence-corrected chi connectivity index (χ3v) is 8.47. The van der Waals surface area contributed by atoms with Crippen LogP contribution < -0.4 is 18.9 Å². The highest BCUT2D eigenvalue weighted by Crippen LogP contribution is 2.30. The highest BCUT2D eigenvalue weighted by atomic mass is 32.2. The number of likely N-dealkylation sites (tertiary alicyclic amines) is 1. The maximum Gasteiger partial charge on any atom is 0.268 e. The van der Waals surface area contributed by atoms with Crippen molar-refractivity contribution < 1.29 is 36.2 Å². The number of benzene rings is 2. The molecule has 0 spiro atoms. The maximum atomic E-state index is 15.1. The summed E-state index contributed by atoms with van der Waals surface area (Å²) in [6, 6.07) is 16.0. The molecule has 13 heteroatoms. The second-order valence-electron chi connectivity index (χ2n) is 10.5. The summed E-state index contributed by atoms with van der Waals surface area (Å²) < 4.78 is 74.9. The molecule has 5 rings (SSSR count). The van der Waals surface area contributed by atoms with Gasteiger partial charge in [-0.25, -0.2) is 22.5 Å². The number of likely N-dealkylation sites (N-methyl/N-ethyl adjacent to an activating group) is 1. The topological polar surface area (TPSA) is 120 Å². The minimum atomic E-state index is -4.39. The molecular formula is C32H32F2N4O6S. The number of ether oxygens (including phenoxy) is 3. The van der Waals surface area contributed by atoms with Gasteiger partial charge < -0.3 is 19.1 Å². The van der Waals surface area contributed by atoms with Gasteiger partial charge in [0.15, 0.2) is 11.6 Å². The highest BCUT2D eigenvalue weighted by Gasteiger charge is 2.26. The number of halogens is 2. The monoisotopic (exact) mass is 638 g/mol. The fourth-order valence-electron chi connectivity index (χ4n) is 4.82. The minimum absolute atomic E-state index is 0.0163. The molecule has 2 aromatic carbocycles. The van der Waals surface area contributed by atoms with Crippen LogP contribution in [0.25, 0.3) is 0 Å². The van der Waals surface area contributed by atoms with Gasteiger partial charge in [0.05, 0.1) is 22.3 Å². The average Bonchev–Trinajstić information content (AvgIpc) is 3.03. The van der Waals surface area contributed by atoms with E-state index in [9.17, 15) is 13.2 Å². The van der Waals surface area contributed by atoms with Crippen molar-refractivity contribution in [2.24, 2.45) is 0 Å². The van der Waals surface area contributed by atoms with Gasteiger partial charge in [-0.05, 0) is 87.5 Å². The van der Waals surface area contributed by atoms with E-state index in [2.05, 4.69) is 14.9 Å². The number of carbonyl (C=O) groups is 1. The summed E-state index contributed by atoms with van der Waals surface area (Å²) in [6.45, 7) is 3.53. The van der Waals surface area contributed by atoms with Gasteiger partial charge in [-0.15, -0.1) is 0 Å². The van der Waals surface area contributed by atoms with E-state index in [-0.39, 0.29) is 11.0 Å². The molecule has 4 aromatic rings. The second-order valence-corrected chi connectivity index (χ2v) is 12.2. The summed E-state index contributed by atoms with van der Waals surface area (Å²) in [6.07, 6.45) is 4.51. The number of amides is 1. The number of aromatic nitrogens is 2. The van der Waals surface area contributed by atoms with Crippen molar-refractivity contribution >= 4 is 15.9 Å². The molecule has 2 aromatic heterocycles. The van der Waals surface area contributed by atoms with Crippen molar-refractivity contribution in [3.05, 3.63) is 102 Å². The van der Waals surface area contributed by atoms with Gasteiger partial charge in [-0.1, -0.05) is 13.0 Å². The number of nitrogens with zero attached hydrogens (tertiary/aromatic N) is 3. The number of hydrogen-bond acceptors (Lipinski definition) is 9. The Morgan fingerprint density at radius 3 is 2.47 bits per heavy atom. The number of hydrogen-bond donors (Lipinski definition) is 1. The lowest BCUT2D eigenvalue weighted by Crippen LogP contribution is -2.38. The van der Waals surface area contributed by atoms with Crippen molar-refractivity contribution in [2.45, 2.75) is 43.3 Å². The lowest BCUT2D eigenvalue weighted by Gasteiger charge is -2.30. The molecule has 0 saturated carbocycles. The molecule has 1 aliphatic heterocycles. The normalized spacial score (nSPS) is 16.0. The number of rotatable bonds is 11. The number of nitrogens with one attached hydrogen (secondary N) is 1. The Labute approximate surface area is 260 Å². The summed E-state index contributed by atoms with van der Waals surface area (Å²) in [5.41, 5.74) is -0.368. The lowest BCUT2D eigenvalue weighted by atomic mass is 10.1. The summed E-state index contributed by atoms with van der Waals surface area (Å²) in [4.78, 5) is 23.1. The van der Waals surface area contributed by atoms with E-state index in [0.29, 0.717) is 29.5 Å². The molecule has 0 aliphatic carbocycles. The fourth-order valence-corrected chi connectivity index (χ4v) is 5.78. The smallest absolute Gasteiger partial charge is 0.268 e. The first kappa shape index (κ1) is 31.8. The van der Waals surface area contributed by atoms with E-state index in [4.69, 9.17) is 14.2 Å². The first-order valence-electron chi connectivity index (χ1n) is 14.3. The van der Waals surface area contributed by atoms with Crippen molar-refractivity contribution in [1.82, 2.24) is 19.6 Å². The standard InChI is InChI=1S/C32H32F2N4O6S/c1-3-27(26-15-11-22(19-36-26)43-29-8-4-5-17-35-29)44-28-16-14-25(30(33)31(28)34)32(39)37-45(40,41)24-12-9-21(10-13-24)42-23-7-6-18-38(2)20-23/h4-5,8-17,19,23,27H,3,6-7,18,20H2,1-2H3,(H,37,39)/t23-,27+/m0/s1. The van der Waals surface area contributed by atoms with Crippen LogP contribution in [-0.4, -0.2) is 55.4 Å². The summed E-state index contributed by atoms with van der Waals surface area (Å²) in [5, 5.41) is 0. The van der Waals surface area contributed by atoms with Crippen LogP contribution >= 0.6 is 0 Å². The second kappa shape index (κ2) is 14.0. The quantitative estimate of drug-likeness (QED) is 0.222. The predicted octanol–water partition coefficient (Wildman–Crippen LogP) is 5.67. The first-order valence-corrected chi connectivity index (χ1v) is 15.8. The van der Waals surface area contributed by atoms with Crippen LogP contribution in [0, 0.1) is 11.6 Å². The van der Waals surface area contributed by atoms with E-state index in [1.54, 1.807) is 48.2 Å². The van der Waals surface area contributed by atoms with Crippen LogP contribution in [-0.2, 0) is 10.0 Å². The maximum absolute atomic E-state index is 15.1. The van der Waals surface area contributed by atoms with Crippen LogP contribution in [0.5, 0.6) is 23.1 Å². The molecule has 45 heavy (non-hydrogen) atoms. The van der Waals surface area contributed by atoms with Gasteiger partial charge in [-0.3, -0.25) is 9.78 Å². The zero-order valence-corrected chi connectivity index (χ0v) is 25.5. The molecule has 1 amide bonds. The Balaban J connectivity index is 1.23. The first-order chi connectivity index (χ1) is 21.6. The molecule has 10 nitrogen and oxygen atoms in total. The van der Waals surface area contributed by atoms with Gasteiger partial charge in [0.2, 0.25) is 11.7 Å². The average molecular weight is 639 g/mol. The van der Waals surface area contributed by atoms with Gasteiger partial charge in [0.25, 0.3) is 15.9 Å². The Kier molecular flexibility index (Phi) is 9.89. The Hall–Kier alpha value is -4.62. The Bertz CT molecular complexity index is 1730. The van der Waals surface area contributed by atoms with Crippen molar-refractivity contribution in [2.75, 3.05) is 20.1 Å². The zero-order valence-electron chi connectivity index (χ0n) is 24.7. The third kappa shape index (κ3) is 7.91. The molecule has 0 bridgehead atoms. The number of sulfonamides is 1.